The summed E-state index contributed by atoms with van der Waals surface area (Å²) in [5.74, 6) is 0.727. The number of halogens is 3. The summed E-state index contributed by atoms with van der Waals surface area (Å²) >= 11 is 0. The molecular formula is C14H20F3NO3. The van der Waals surface area contributed by atoms with Crippen molar-refractivity contribution in [2.45, 2.75) is 32.2 Å². The summed E-state index contributed by atoms with van der Waals surface area (Å²) in [5, 5.41) is 12.2. The van der Waals surface area contributed by atoms with Crippen molar-refractivity contribution in [2.75, 3.05) is 20.3 Å². The van der Waals surface area contributed by atoms with E-state index in [0.717, 1.165) is 0 Å². The molecule has 0 amide bonds. The normalized spacial score (nSPS) is 14.6. The standard InChI is InChI=1S/C14H20F3NO3/c1-4-18-9(2)11-6-5-10(20-3)7-12(11)21-8-13(19)14(15,16)17/h5-7,9,13,18-19H,4,8H2,1-3H3. The predicted octanol–water partition coefficient (Wildman–Crippen LogP) is 2.67. The fourth-order valence-corrected chi connectivity index (χ4v) is 1.80. The fraction of sp³-hybridized carbons (Fsp3) is 0.571. The second-order valence-corrected chi connectivity index (χ2v) is 4.55. The average molecular weight is 307 g/mol. The van der Waals surface area contributed by atoms with Crippen LogP contribution < -0.4 is 14.8 Å². The Bertz CT molecular complexity index is 452. The quantitative estimate of drug-likeness (QED) is 0.813. The van der Waals surface area contributed by atoms with Gasteiger partial charge in [-0.2, -0.15) is 13.2 Å². The Labute approximate surface area is 121 Å². The molecule has 4 nitrogen and oxygen atoms in total. The molecule has 0 aliphatic heterocycles. The molecular weight excluding hydrogens is 287 g/mol. The van der Waals surface area contributed by atoms with Gasteiger partial charge in [-0.1, -0.05) is 13.0 Å². The number of rotatable bonds is 7. The van der Waals surface area contributed by atoms with Gasteiger partial charge in [-0.25, -0.2) is 0 Å². The summed E-state index contributed by atoms with van der Waals surface area (Å²) in [6, 6.07) is 4.84. The van der Waals surface area contributed by atoms with Crippen LogP contribution in [0.2, 0.25) is 0 Å². The van der Waals surface area contributed by atoms with Crippen LogP contribution in [-0.2, 0) is 0 Å². The molecule has 2 unspecified atom stereocenters. The maximum Gasteiger partial charge on any atom is 0.417 e. The fourth-order valence-electron chi connectivity index (χ4n) is 1.80. The number of ether oxygens (including phenoxy) is 2. The first-order valence-corrected chi connectivity index (χ1v) is 6.58. The summed E-state index contributed by atoms with van der Waals surface area (Å²) in [6.07, 6.45) is -7.22. The molecule has 2 N–H and O–H groups in total. The van der Waals surface area contributed by atoms with Gasteiger partial charge in [0.25, 0.3) is 0 Å². The molecule has 1 aromatic carbocycles. The zero-order valence-corrected chi connectivity index (χ0v) is 12.2. The predicted molar refractivity (Wildman–Crippen MR) is 72.6 cm³/mol. The van der Waals surface area contributed by atoms with Crippen molar-refractivity contribution in [1.82, 2.24) is 5.32 Å². The molecule has 0 saturated heterocycles. The molecule has 2 atom stereocenters. The van der Waals surface area contributed by atoms with Gasteiger partial charge < -0.3 is 19.9 Å². The van der Waals surface area contributed by atoms with Gasteiger partial charge in [0, 0.05) is 17.7 Å². The highest BCUT2D eigenvalue weighted by molar-refractivity contribution is 5.42. The van der Waals surface area contributed by atoms with Crippen LogP contribution in [0, 0.1) is 0 Å². The second kappa shape index (κ2) is 7.51. The number of methoxy groups -OCH3 is 1. The van der Waals surface area contributed by atoms with E-state index in [1.807, 2.05) is 13.8 Å². The number of benzene rings is 1. The Morgan fingerprint density at radius 3 is 2.52 bits per heavy atom. The van der Waals surface area contributed by atoms with Crippen molar-refractivity contribution in [3.05, 3.63) is 23.8 Å². The molecule has 0 spiro atoms. The Hall–Kier alpha value is -1.47. The van der Waals surface area contributed by atoms with Gasteiger partial charge in [0.1, 0.15) is 18.1 Å². The van der Waals surface area contributed by atoms with E-state index in [9.17, 15) is 13.2 Å². The van der Waals surface area contributed by atoms with Crippen molar-refractivity contribution >= 4 is 0 Å². The zero-order chi connectivity index (χ0) is 16.0. The first kappa shape index (κ1) is 17.6. The Balaban J connectivity index is 2.91. The summed E-state index contributed by atoms with van der Waals surface area (Å²) in [6.45, 7) is 3.65. The highest BCUT2D eigenvalue weighted by atomic mass is 19.4. The van der Waals surface area contributed by atoms with Gasteiger partial charge >= 0.3 is 6.18 Å². The minimum absolute atomic E-state index is 0.0982. The maximum atomic E-state index is 12.3. The first-order chi connectivity index (χ1) is 9.79. The number of hydrogen-bond donors (Lipinski definition) is 2. The lowest BCUT2D eigenvalue weighted by molar-refractivity contribution is -0.210. The van der Waals surface area contributed by atoms with Crippen molar-refractivity contribution in [1.29, 1.82) is 0 Å². The number of hydrogen-bond acceptors (Lipinski definition) is 4. The number of alkyl halides is 3. The smallest absolute Gasteiger partial charge is 0.417 e. The van der Waals surface area contributed by atoms with E-state index < -0.39 is 18.9 Å². The molecule has 0 heterocycles. The van der Waals surface area contributed by atoms with Crippen LogP contribution in [-0.4, -0.2) is 37.6 Å². The monoisotopic (exact) mass is 307 g/mol. The van der Waals surface area contributed by atoms with Crippen molar-refractivity contribution in [3.8, 4) is 11.5 Å². The molecule has 120 valence electrons. The van der Waals surface area contributed by atoms with Gasteiger partial charge in [-0.15, -0.1) is 0 Å². The Morgan fingerprint density at radius 2 is 2.00 bits per heavy atom. The second-order valence-electron chi connectivity index (χ2n) is 4.55. The molecule has 0 radical (unpaired) electrons. The van der Waals surface area contributed by atoms with E-state index in [-0.39, 0.29) is 11.8 Å². The Morgan fingerprint density at radius 1 is 1.33 bits per heavy atom. The molecule has 0 aliphatic rings. The van der Waals surface area contributed by atoms with E-state index >= 15 is 0 Å². The molecule has 0 saturated carbocycles. The van der Waals surface area contributed by atoms with Crippen molar-refractivity contribution < 1.29 is 27.8 Å². The average Bonchev–Trinajstić information content (AvgIpc) is 2.43. The van der Waals surface area contributed by atoms with Gasteiger partial charge in [0.05, 0.1) is 7.11 Å². The molecule has 1 rings (SSSR count). The lowest BCUT2D eigenvalue weighted by Crippen LogP contribution is -2.34. The summed E-state index contributed by atoms with van der Waals surface area (Å²) in [4.78, 5) is 0. The van der Waals surface area contributed by atoms with Crippen LogP contribution in [0.3, 0.4) is 0 Å². The third-order valence-electron chi connectivity index (χ3n) is 2.97. The van der Waals surface area contributed by atoms with Gasteiger partial charge in [0.2, 0.25) is 0 Å². The highest BCUT2D eigenvalue weighted by Gasteiger charge is 2.38. The van der Waals surface area contributed by atoms with E-state index in [0.29, 0.717) is 17.9 Å². The number of aliphatic hydroxyl groups is 1. The van der Waals surface area contributed by atoms with Crippen LogP contribution in [0.5, 0.6) is 11.5 Å². The molecule has 0 fully saturated rings. The van der Waals surface area contributed by atoms with Gasteiger partial charge in [0.15, 0.2) is 6.10 Å². The summed E-state index contributed by atoms with van der Waals surface area (Å²) < 4.78 is 47.1. The molecule has 0 aromatic heterocycles. The lowest BCUT2D eigenvalue weighted by atomic mass is 10.1. The highest BCUT2D eigenvalue weighted by Crippen LogP contribution is 2.30. The van der Waals surface area contributed by atoms with Crippen LogP contribution in [0.25, 0.3) is 0 Å². The minimum atomic E-state index is -4.70. The molecule has 21 heavy (non-hydrogen) atoms. The molecule has 0 aliphatic carbocycles. The van der Waals surface area contributed by atoms with Crippen LogP contribution in [0.1, 0.15) is 25.5 Å². The lowest BCUT2D eigenvalue weighted by Gasteiger charge is -2.20. The van der Waals surface area contributed by atoms with E-state index in [1.54, 1.807) is 12.1 Å². The Kier molecular flexibility index (Phi) is 6.29. The third-order valence-corrected chi connectivity index (χ3v) is 2.97. The van der Waals surface area contributed by atoms with Crippen LogP contribution in [0.15, 0.2) is 18.2 Å². The largest absolute Gasteiger partial charge is 0.497 e. The topological polar surface area (TPSA) is 50.7 Å². The molecule has 0 bridgehead atoms. The SMILES string of the molecule is CCNC(C)c1ccc(OC)cc1OCC(O)C(F)(F)F. The van der Waals surface area contributed by atoms with Crippen molar-refractivity contribution in [2.24, 2.45) is 0 Å². The van der Waals surface area contributed by atoms with Crippen LogP contribution in [0.4, 0.5) is 13.2 Å². The van der Waals surface area contributed by atoms with E-state index in [4.69, 9.17) is 14.6 Å². The minimum Gasteiger partial charge on any atom is -0.497 e. The van der Waals surface area contributed by atoms with E-state index in [1.165, 1.54) is 13.2 Å². The number of nitrogens with one attached hydrogen (secondary N) is 1. The third kappa shape index (κ3) is 5.09. The van der Waals surface area contributed by atoms with Gasteiger partial charge in [-0.3, -0.25) is 0 Å². The van der Waals surface area contributed by atoms with Gasteiger partial charge in [-0.05, 0) is 19.5 Å². The number of aliphatic hydroxyl groups excluding tert-OH is 1. The molecule has 1 aromatic rings. The maximum absolute atomic E-state index is 12.3. The summed E-state index contributed by atoms with van der Waals surface area (Å²) in [7, 11) is 1.46. The van der Waals surface area contributed by atoms with E-state index in [2.05, 4.69) is 5.32 Å². The van der Waals surface area contributed by atoms with Crippen molar-refractivity contribution in [3.63, 3.8) is 0 Å². The zero-order valence-electron chi connectivity index (χ0n) is 12.2. The van der Waals surface area contributed by atoms with Crippen LogP contribution >= 0.6 is 0 Å². The first-order valence-electron chi connectivity index (χ1n) is 6.58. The molecule has 7 heteroatoms. The summed E-state index contributed by atoms with van der Waals surface area (Å²) in [5.41, 5.74) is 0.701.